The van der Waals surface area contributed by atoms with E-state index >= 15 is 0 Å². The van der Waals surface area contributed by atoms with E-state index in [0.717, 1.165) is 13.0 Å². The van der Waals surface area contributed by atoms with E-state index in [2.05, 4.69) is 42.7 Å². The zero-order valence-electron chi connectivity index (χ0n) is 11.1. The highest BCUT2D eigenvalue weighted by Crippen LogP contribution is 2.09. The maximum atomic E-state index is 5.08. The van der Waals surface area contributed by atoms with Crippen LogP contribution in [0.4, 0.5) is 0 Å². The van der Waals surface area contributed by atoms with E-state index in [9.17, 15) is 0 Å². The molecule has 0 saturated carbocycles. The first-order valence-corrected chi connectivity index (χ1v) is 6.57. The summed E-state index contributed by atoms with van der Waals surface area (Å²) in [4.78, 5) is 0. The molecule has 0 aliphatic carbocycles. The predicted octanol–water partition coefficient (Wildman–Crippen LogP) is 3.02. The van der Waals surface area contributed by atoms with Crippen LogP contribution in [-0.4, -0.2) is 26.8 Å². The summed E-state index contributed by atoms with van der Waals surface area (Å²) in [5, 5.41) is 3.39. The first-order valence-electron chi connectivity index (χ1n) is 6.57. The van der Waals surface area contributed by atoms with E-state index in [0.29, 0.717) is 6.04 Å². The standard InChI is InChI=1S/C15H25NO/c1-16-15(12-7-13-17-2)11-6-10-14-8-4-3-5-9-14/h3-5,8-9,15-16H,6-7,10-13H2,1-2H3. The van der Waals surface area contributed by atoms with Gasteiger partial charge >= 0.3 is 0 Å². The highest BCUT2D eigenvalue weighted by molar-refractivity contribution is 5.14. The lowest BCUT2D eigenvalue weighted by Crippen LogP contribution is -2.25. The molecular weight excluding hydrogens is 210 g/mol. The molecule has 0 aliphatic heterocycles. The Morgan fingerprint density at radius 2 is 1.82 bits per heavy atom. The third kappa shape index (κ3) is 6.44. The summed E-state index contributed by atoms with van der Waals surface area (Å²) in [6.07, 6.45) is 6.04. The van der Waals surface area contributed by atoms with Gasteiger partial charge in [-0.15, -0.1) is 0 Å². The first kappa shape index (κ1) is 14.2. The van der Waals surface area contributed by atoms with Crippen molar-refractivity contribution in [1.29, 1.82) is 0 Å². The molecule has 0 fully saturated rings. The monoisotopic (exact) mass is 235 g/mol. The lowest BCUT2D eigenvalue weighted by atomic mass is 10.0. The van der Waals surface area contributed by atoms with Gasteiger partial charge in [0.25, 0.3) is 0 Å². The number of aryl methyl sites for hydroxylation is 1. The van der Waals surface area contributed by atoms with Crippen LogP contribution >= 0.6 is 0 Å². The maximum Gasteiger partial charge on any atom is 0.0462 e. The van der Waals surface area contributed by atoms with Gasteiger partial charge in [0.15, 0.2) is 0 Å². The van der Waals surface area contributed by atoms with Crippen molar-refractivity contribution in [2.45, 2.75) is 38.1 Å². The molecule has 0 saturated heterocycles. The number of nitrogens with one attached hydrogen (secondary N) is 1. The highest BCUT2D eigenvalue weighted by Gasteiger charge is 2.05. The fraction of sp³-hybridized carbons (Fsp3) is 0.600. The minimum Gasteiger partial charge on any atom is -0.385 e. The second-order valence-corrected chi connectivity index (χ2v) is 4.50. The Morgan fingerprint density at radius 1 is 1.12 bits per heavy atom. The molecule has 1 atom stereocenters. The molecule has 1 N–H and O–H groups in total. The van der Waals surface area contributed by atoms with Gasteiger partial charge in [0.1, 0.15) is 0 Å². The SMILES string of the molecule is CNC(CCCOC)CCCc1ccccc1. The Labute approximate surface area is 105 Å². The lowest BCUT2D eigenvalue weighted by molar-refractivity contribution is 0.188. The summed E-state index contributed by atoms with van der Waals surface area (Å²) in [6, 6.07) is 11.4. The summed E-state index contributed by atoms with van der Waals surface area (Å²) in [5.74, 6) is 0. The third-order valence-corrected chi connectivity index (χ3v) is 3.17. The van der Waals surface area contributed by atoms with Crippen molar-refractivity contribution in [2.75, 3.05) is 20.8 Å². The summed E-state index contributed by atoms with van der Waals surface area (Å²) < 4.78 is 5.08. The van der Waals surface area contributed by atoms with E-state index in [1.807, 2.05) is 0 Å². The zero-order chi connectivity index (χ0) is 12.3. The van der Waals surface area contributed by atoms with E-state index in [-0.39, 0.29) is 0 Å². The molecule has 0 amide bonds. The topological polar surface area (TPSA) is 21.3 Å². The molecule has 1 aromatic rings. The second kappa shape index (κ2) is 9.20. The van der Waals surface area contributed by atoms with Crippen LogP contribution in [0, 0.1) is 0 Å². The van der Waals surface area contributed by atoms with E-state index in [4.69, 9.17) is 4.74 Å². The Morgan fingerprint density at radius 3 is 2.47 bits per heavy atom. The van der Waals surface area contributed by atoms with Crippen LogP contribution in [0.25, 0.3) is 0 Å². The Kier molecular flexibility index (Phi) is 7.69. The lowest BCUT2D eigenvalue weighted by Gasteiger charge is -2.15. The average Bonchev–Trinajstić information content (AvgIpc) is 2.38. The van der Waals surface area contributed by atoms with Gasteiger partial charge in [-0.05, 0) is 44.7 Å². The van der Waals surface area contributed by atoms with E-state index in [1.54, 1.807) is 7.11 Å². The molecule has 96 valence electrons. The smallest absolute Gasteiger partial charge is 0.0462 e. The minimum absolute atomic E-state index is 0.633. The largest absolute Gasteiger partial charge is 0.385 e. The number of ether oxygens (including phenoxy) is 1. The molecule has 1 aromatic carbocycles. The molecule has 0 spiro atoms. The van der Waals surface area contributed by atoms with E-state index in [1.165, 1.54) is 31.2 Å². The Bertz CT molecular complexity index is 274. The first-order chi connectivity index (χ1) is 8.36. The predicted molar refractivity (Wildman–Crippen MR) is 73.3 cm³/mol. The highest BCUT2D eigenvalue weighted by atomic mass is 16.5. The summed E-state index contributed by atoms with van der Waals surface area (Å²) in [6.45, 7) is 0.872. The molecule has 0 aliphatic rings. The summed E-state index contributed by atoms with van der Waals surface area (Å²) >= 11 is 0. The molecule has 2 nitrogen and oxygen atoms in total. The van der Waals surface area contributed by atoms with Crippen molar-refractivity contribution in [3.8, 4) is 0 Å². The molecule has 17 heavy (non-hydrogen) atoms. The molecule has 0 aromatic heterocycles. The van der Waals surface area contributed by atoms with Crippen LogP contribution in [0.2, 0.25) is 0 Å². The van der Waals surface area contributed by atoms with Gasteiger partial charge in [-0.1, -0.05) is 30.3 Å². The third-order valence-electron chi connectivity index (χ3n) is 3.17. The van der Waals surface area contributed by atoms with Crippen molar-refractivity contribution in [3.63, 3.8) is 0 Å². The van der Waals surface area contributed by atoms with Gasteiger partial charge in [0.05, 0.1) is 0 Å². The molecule has 0 bridgehead atoms. The van der Waals surface area contributed by atoms with Crippen LogP contribution < -0.4 is 5.32 Å². The van der Waals surface area contributed by atoms with Gasteiger partial charge in [0, 0.05) is 19.8 Å². The average molecular weight is 235 g/mol. The van der Waals surface area contributed by atoms with Gasteiger partial charge in [-0.3, -0.25) is 0 Å². The molecule has 1 unspecified atom stereocenters. The fourth-order valence-electron chi connectivity index (χ4n) is 2.10. The fourth-order valence-corrected chi connectivity index (χ4v) is 2.10. The van der Waals surface area contributed by atoms with Crippen molar-refractivity contribution < 1.29 is 4.74 Å². The quantitative estimate of drug-likeness (QED) is 0.664. The normalized spacial score (nSPS) is 12.6. The molecular formula is C15H25NO. The number of methoxy groups -OCH3 is 1. The van der Waals surface area contributed by atoms with Crippen LogP contribution in [0.5, 0.6) is 0 Å². The number of hydrogen-bond acceptors (Lipinski definition) is 2. The van der Waals surface area contributed by atoms with Crippen molar-refractivity contribution in [2.24, 2.45) is 0 Å². The number of hydrogen-bond donors (Lipinski definition) is 1. The molecule has 0 heterocycles. The summed E-state index contributed by atoms with van der Waals surface area (Å²) in [7, 11) is 3.82. The molecule has 1 rings (SSSR count). The summed E-state index contributed by atoms with van der Waals surface area (Å²) in [5.41, 5.74) is 1.44. The van der Waals surface area contributed by atoms with Crippen LogP contribution in [0.1, 0.15) is 31.2 Å². The van der Waals surface area contributed by atoms with Crippen molar-refractivity contribution >= 4 is 0 Å². The Balaban J connectivity index is 2.15. The second-order valence-electron chi connectivity index (χ2n) is 4.50. The maximum absolute atomic E-state index is 5.08. The number of rotatable bonds is 9. The van der Waals surface area contributed by atoms with Crippen LogP contribution in [-0.2, 0) is 11.2 Å². The Hall–Kier alpha value is -0.860. The van der Waals surface area contributed by atoms with Crippen molar-refractivity contribution in [1.82, 2.24) is 5.32 Å². The van der Waals surface area contributed by atoms with Gasteiger partial charge in [0.2, 0.25) is 0 Å². The molecule has 2 heteroatoms. The van der Waals surface area contributed by atoms with Crippen LogP contribution in [0.15, 0.2) is 30.3 Å². The zero-order valence-corrected chi connectivity index (χ0v) is 11.1. The van der Waals surface area contributed by atoms with Gasteiger partial charge in [-0.25, -0.2) is 0 Å². The van der Waals surface area contributed by atoms with E-state index < -0.39 is 0 Å². The molecule has 0 radical (unpaired) electrons. The minimum atomic E-state index is 0.633. The van der Waals surface area contributed by atoms with Crippen molar-refractivity contribution in [3.05, 3.63) is 35.9 Å². The van der Waals surface area contributed by atoms with Gasteiger partial charge < -0.3 is 10.1 Å². The number of benzene rings is 1. The van der Waals surface area contributed by atoms with Crippen LogP contribution in [0.3, 0.4) is 0 Å². The van der Waals surface area contributed by atoms with Gasteiger partial charge in [-0.2, -0.15) is 0 Å².